The molecule has 144 valence electrons. The summed E-state index contributed by atoms with van der Waals surface area (Å²) in [5, 5.41) is 0. The molecule has 0 spiro atoms. The number of isocyanates is 2. The minimum Gasteiger partial charge on any atom is -0.211 e. The van der Waals surface area contributed by atoms with Gasteiger partial charge in [0.25, 0.3) is 0 Å². The maximum atomic E-state index is 10.4. The average molecular weight is 395 g/mol. The molecule has 0 aromatic carbocycles. The van der Waals surface area contributed by atoms with E-state index in [4.69, 9.17) is 0 Å². The lowest BCUT2D eigenvalue weighted by Gasteiger charge is -2.62. The summed E-state index contributed by atoms with van der Waals surface area (Å²) >= 11 is 3.97. The summed E-state index contributed by atoms with van der Waals surface area (Å²) in [7, 11) is 0. The molecule has 0 amide bonds. The molecule has 0 aromatic heterocycles. The Hall–Kier alpha value is -0.540. The molecule has 0 aliphatic heterocycles. The summed E-state index contributed by atoms with van der Waals surface area (Å²) in [4.78, 5) is 28.5. The van der Waals surface area contributed by atoms with Crippen LogP contribution in [-0.4, -0.2) is 47.3 Å². The Balaban J connectivity index is 1.57. The van der Waals surface area contributed by atoms with E-state index in [1.807, 2.05) is 37.4 Å². The van der Waals surface area contributed by atoms with Crippen LogP contribution in [0.5, 0.6) is 0 Å². The highest BCUT2D eigenvalue weighted by Gasteiger charge is 2.57. The largest absolute Gasteiger partial charge is 0.235 e. The van der Waals surface area contributed by atoms with Crippen LogP contribution in [0, 0.1) is 22.7 Å². The van der Waals surface area contributed by atoms with Crippen molar-refractivity contribution in [2.45, 2.75) is 64.5 Å². The molecule has 0 aromatic rings. The molecular weight excluding hydrogens is 364 g/mol. The van der Waals surface area contributed by atoms with Gasteiger partial charge in [0.2, 0.25) is 12.2 Å². The number of rotatable bonds is 10. The molecule has 4 bridgehead atoms. The van der Waals surface area contributed by atoms with Crippen molar-refractivity contribution in [3.05, 3.63) is 0 Å². The van der Waals surface area contributed by atoms with Crippen LogP contribution in [0.2, 0.25) is 0 Å². The van der Waals surface area contributed by atoms with Gasteiger partial charge in [-0.15, -0.1) is 0 Å². The van der Waals surface area contributed by atoms with Crippen LogP contribution in [0.25, 0.3) is 0 Å². The van der Waals surface area contributed by atoms with Gasteiger partial charge < -0.3 is 0 Å². The highest BCUT2D eigenvalue weighted by atomic mass is 32.2. The summed E-state index contributed by atoms with van der Waals surface area (Å²) in [5.41, 5.74) is 1.01. The van der Waals surface area contributed by atoms with Crippen LogP contribution in [0.4, 0.5) is 0 Å². The average Bonchev–Trinajstić information content (AvgIpc) is 2.53. The summed E-state index contributed by atoms with van der Waals surface area (Å²) in [6, 6.07) is 0.159. The highest BCUT2D eigenvalue weighted by molar-refractivity contribution is 7.99. The van der Waals surface area contributed by atoms with Gasteiger partial charge >= 0.3 is 0 Å². The topological polar surface area (TPSA) is 58.9 Å². The van der Waals surface area contributed by atoms with E-state index in [9.17, 15) is 9.59 Å². The van der Waals surface area contributed by atoms with E-state index in [0.717, 1.165) is 23.3 Å². The first-order chi connectivity index (χ1) is 12.5. The molecule has 0 radical (unpaired) electrons. The SMILES string of the molecule is CC(CSCC12CC3CC(C1)CC(CSCC(C)N=C=O)(C3)C2)N=C=O. The lowest BCUT2D eigenvalue weighted by Crippen LogP contribution is -2.54. The van der Waals surface area contributed by atoms with Crippen molar-refractivity contribution in [2.75, 3.05) is 23.0 Å². The van der Waals surface area contributed by atoms with Gasteiger partial charge in [0.05, 0.1) is 12.1 Å². The van der Waals surface area contributed by atoms with E-state index in [1.54, 1.807) is 12.2 Å². The molecule has 4 aliphatic carbocycles. The second kappa shape index (κ2) is 8.65. The van der Waals surface area contributed by atoms with E-state index in [0.29, 0.717) is 10.8 Å². The third kappa shape index (κ3) is 4.84. The summed E-state index contributed by atoms with van der Waals surface area (Å²) in [5.74, 6) is 6.11. The van der Waals surface area contributed by atoms with E-state index >= 15 is 0 Å². The van der Waals surface area contributed by atoms with Crippen LogP contribution in [0.1, 0.15) is 52.4 Å². The predicted molar refractivity (Wildman–Crippen MR) is 109 cm³/mol. The van der Waals surface area contributed by atoms with Gasteiger partial charge in [-0.1, -0.05) is 0 Å². The normalized spacial score (nSPS) is 36.8. The summed E-state index contributed by atoms with van der Waals surface area (Å²) in [6.45, 7) is 4.00. The lowest BCUT2D eigenvalue weighted by atomic mass is 9.45. The number of hydrogen-bond acceptors (Lipinski definition) is 6. The number of nitrogens with zero attached hydrogens (tertiary/aromatic N) is 2. The van der Waals surface area contributed by atoms with Crippen molar-refractivity contribution in [3.8, 4) is 0 Å². The maximum Gasteiger partial charge on any atom is 0.235 e. The molecule has 4 aliphatic rings. The van der Waals surface area contributed by atoms with Gasteiger partial charge in [0.15, 0.2) is 0 Å². The Morgan fingerprint density at radius 1 is 0.885 bits per heavy atom. The Bertz CT molecular complexity index is 537. The highest BCUT2D eigenvalue weighted by Crippen LogP contribution is 2.66. The lowest BCUT2D eigenvalue weighted by molar-refractivity contribution is -0.0870. The quantitative estimate of drug-likeness (QED) is 0.405. The van der Waals surface area contributed by atoms with Crippen molar-refractivity contribution in [1.82, 2.24) is 0 Å². The molecule has 4 rings (SSSR count). The second-order valence-electron chi connectivity index (χ2n) is 9.13. The Labute approximate surface area is 165 Å². The third-order valence-electron chi connectivity index (χ3n) is 6.38. The molecule has 26 heavy (non-hydrogen) atoms. The van der Waals surface area contributed by atoms with E-state index in [1.165, 1.54) is 50.0 Å². The minimum atomic E-state index is 0.0794. The Kier molecular flexibility index (Phi) is 6.72. The third-order valence-corrected chi connectivity index (χ3v) is 9.45. The molecule has 6 heteroatoms. The van der Waals surface area contributed by atoms with E-state index in [-0.39, 0.29) is 12.1 Å². The van der Waals surface area contributed by atoms with E-state index in [2.05, 4.69) is 9.98 Å². The minimum absolute atomic E-state index is 0.0794. The number of aliphatic imine (C=N–C) groups is 2. The van der Waals surface area contributed by atoms with Gasteiger partial charge in [-0.2, -0.15) is 23.5 Å². The molecule has 2 unspecified atom stereocenters. The van der Waals surface area contributed by atoms with Crippen LogP contribution in [0.3, 0.4) is 0 Å². The first-order valence-electron chi connectivity index (χ1n) is 9.78. The zero-order valence-electron chi connectivity index (χ0n) is 15.9. The number of thioether (sulfide) groups is 2. The number of hydrogen-bond donors (Lipinski definition) is 0. The molecule has 0 N–H and O–H groups in total. The monoisotopic (exact) mass is 394 g/mol. The zero-order chi connectivity index (χ0) is 18.6. The molecular formula is C20H30N2O2S2. The van der Waals surface area contributed by atoms with Crippen molar-refractivity contribution in [3.63, 3.8) is 0 Å². The number of carbonyl (C=O) groups excluding carboxylic acids is 2. The predicted octanol–water partition coefficient (Wildman–Crippen LogP) is 4.49. The Morgan fingerprint density at radius 2 is 1.31 bits per heavy atom. The fourth-order valence-electron chi connectivity index (χ4n) is 6.13. The molecule has 2 atom stereocenters. The van der Waals surface area contributed by atoms with Crippen LogP contribution >= 0.6 is 23.5 Å². The van der Waals surface area contributed by atoms with Crippen LogP contribution < -0.4 is 0 Å². The summed E-state index contributed by atoms with van der Waals surface area (Å²) < 4.78 is 0. The van der Waals surface area contributed by atoms with Gasteiger partial charge in [0.1, 0.15) is 0 Å². The molecule has 4 saturated carbocycles. The van der Waals surface area contributed by atoms with Crippen LogP contribution in [0.15, 0.2) is 9.98 Å². The maximum absolute atomic E-state index is 10.4. The summed E-state index contributed by atoms with van der Waals surface area (Å²) in [6.07, 6.45) is 11.8. The standard InChI is InChI=1S/C20H30N2O2S2/c1-15(21-13-23)8-25-11-19-4-17-3-18(5-19)7-20(6-17,10-19)12-26-9-16(2)22-14-24/h15-18H,3-12H2,1-2H3. The van der Waals surface area contributed by atoms with Crippen molar-refractivity contribution in [2.24, 2.45) is 32.7 Å². The second-order valence-corrected chi connectivity index (χ2v) is 11.2. The van der Waals surface area contributed by atoms with Gasteiger partial charge in [0, 0.05) is 11.5 Å². The van der Waals surface area contributed by atoms with Gasteiger partial charge in [-0.25, -0.2) is 19.6 Å². The fraction of sp³-hybridized carbons (Fsp3) is 0.900. The van der Waals surface area contributed by atoms with Crippen molar-refractivity contribution in [1.29, 1.82) is 0 Å². The molecule has 4 fully saturated rings. The van der Waals surface area contributed by atoms with Crippen LogP contribution in [-0.2, 0) is 9.59 Å². The fourth-order valence-corrected chi connectivity index (χ4v) is 8.74. The molecule has 0 heterocycles. The van der Waals surface area contributed by atoms with Gasteiger partial charge in [-0.3, -0.25) is 0 Å². The first-order valence-corrected chi connectivity index (χ1v) is 12.1. The van der Waals surface area contributed by atoms with Crippen molar-refractivity contribution >= 4 is 35.7 Å². The van der Waals surface area contributed by atoms with Gasteiger partial charge in [-0.05, 0) is 86.5 Å². The van der Waals surface area contributed by atoms with Crippen molar-refractivity contribution < 1.29 is 9.59 Å². The Morgan fingerprint density at radius 3 is 1.69 bits per heavy atom. The first kappa shape index (κ1) is 20.2. The molecule has 0 saturated heterocycles. The molecule has 4 nitrogen and oxygen atoms in total. The van der Waals surface area contributed by atoms with E-state index < -0.39 is 0 Å². The smallest absolute Gasteiger partial charge is 0.211 e. The zero-order valence-corrected chi connectivity index (χ0v) is 17.5.